The fourth-order valence-electron chi connectivity index (χ4n) is 5.57. The Morgan fingerprint density at radius 3 is 2.41 bits per heavy atom. The summed E-state index contributed by atoms with van der Waals surface area (Å²) in [6, 6.07) is 12.0. The van der Waals surface area contributed by atoms with Crippen molar-refractivity contribution in [1.29, 1.82) is 0 Å². The minimum absolute atomic E-state index is 0.197. The lowest BCUT2D eigenvalue weighted by Crippen LogP contribution is -2.58. The molecule has 0 unspecified atom stereocenters. The summed E-state index contributed by atoms with van der Waals surface area (Å²) in [7, 11) is 1.55. The molecule has 2 heterocycles. The Bertz CT molecular complexity index is 1430. The number of anilines is 1. The van der Waals surface area contributed by atoms with E-state index in [1.165, 1.54) is 16.7 Å². The molecule has 5 amide bonds. The highest BCUT2D eigenvalue weighted by molar-refractivity contribution is 6.07. The van der Waals surface area contributed by atoms with Gasteiger partial charge in [0.1, 0.15) is 24.2 Å². The number of carbonyl (C=O) groups is 5. The molecule has 232 valence electrons. The maximum Gasteiger partial charge on any atom is 0.256 e. The molecule has 0 spiro atoms. The summed E-state index contributed by atoms with van der Waals surface area (Å²) in [5.74, 6) is -2.44. The van der Waals surface area contributed by atoms with Gasteiger partial charge in [-0.25, -0.2) is 0 Å². The van der Waals surface area contributed by atoms with Crippen LogP contribution in [-0.4, -0.2) is 83.6 Å². The molecule has 2 aliphatic rings. The fourth-order valence-corrected chi connectivity index (χ4v) is 5.57. The average Bonchev–Trinajstić information content (AvgIpc) is 3.52. The smallest absolute Gasteiger partial charge is 0.256 e. The van der Waals surface area contributed by atoms with Crippen molar-refractivity contribution < 1.29 is 24.0 Å². The topological polar surface area (TPSA) is 177 Å². The lowest BCUT2D eigenvalue weighted by Gasteiger charge is -2.33. The van der Waals surface area contributed by atoms with Crippen LogP contribution < -0.4 is 16.0 Å². The minimum Gasteiger partial charge on any atom is -0.343 e. The van der Waals surface area contributed by atoms with Crippen molar-refractivity contribution in [3.63, 3.8) is 0 Å². The van der Waals surface area contributed by atoms with Gasteiger partial charge in [-0.1, -0.05) is 54.0 Å². The number of unbranched alkanes of at least 4 members (excludes halogenated alkanes) is 1. The van der Waals surface area contributed by atoms with Gasteiger partial charge in [-0.05, 0) is 55.8 Å². The predicted octanol–water partition coefficient (Wildman–Crippen LogP) is 2.78. The summed E-state index contributed by atoms with van der Waals surface area (Å²) in [5, 5.41) is 11.8. The van der Waals surface area contributed by atoms with E-state index in [2.05, 4.69) is 26.0 Å². The number of fused-ring (bicyclic) bond motifs is 2. The third kappa shape index (κ3) is 7.73. The summed E-state index contributed by atoms with van der Waals surface area (Å²) in [5.41, 5.74) is 9.86. The number of carbonyl (C=O) groups excluding carboxylic acids is 5. The zero-order valence-electron chi connectivity index (χ0n) is 24.9. The second-order valence-corrected chi connectivity index (χ2v) is 11.1. The van der Waals surface area contributed by atoms with E-state index in [0.717, 1.165) is 5.56 Å². The Morgan fingerprint density at radius 2 is 1.66 bits per heavy atom. The number of nitrogens with zero attached hydrogens (tertiary/aromatic N) is 5. The number of rotatable bonds is 7. The summed E-state index contributed by atoms with van der Waals surface area (Å²) in [4.78, 5) is 73.9. The van der Waals surface area contributed by atoms with E-state index >= 15 is 0 Å². The van der Waals surface area contributed by atoms with Gasteiger partial charge in [0.15, 0.2) is 0 Å². The molecule has 0 radical (unpaired) electrons. The first kappa shape index (κ1) is 32.0. The molecule has 3 N–H and O–H groups in total. The van der Waals surface area contributed by atoms with Crippen molar-refractivity contribution in [3.05, 3.63) is 76.2 Å². The number of hydrogen-bond donors (Lipinski definition) is 3. The van der Waals surface area contributed by atoms with Crippen molar-refractivity contribution in [2.75, 3.05) is 25.5 Å². The number of nitrogens with one attached hydrogen (secondary N) is 3. The first-order valence-corrected chi connectivity index (χ1v) is 14.8. The highest BCUT2D eigenvalue weighted by Crippen LogP contribution is 2.26. The highest BCUT2D eigenvalue weighted by Gasteiger charge is 2.40. The highest BCUT2D eigenvalue weighted by atomic mass is 16.2. The van der Waals surface area contributed by atoms with Crippen LogP contribution in [0.2, 0.25) is 0 Å². The second-order valence-electron chi connectivity index (χ2n) is 11.1. The Kier molecular flexibility index (Phi) is 10.9. The van der Waals surface area contributed by atoms with Crippen LogP contribution in [0.1, 0.15) is 54.9 Å². The molecule has 1 fully saturated rings. The Balaban J connectivity index is 1.71. The summed E-state index contributed by atoms with van der Waals surface area (Å²) < 4.78 is 0. The van der Waals surface area contributed by atoms with Crippen LogP contribution in [0.15, 0.2) is 59.7 Å². The molecule has 13 heteroatoms. The third-order valence-electron chi connectivity index (χ3n) is 8.05. The van der Waals surface area contributed by atoms with Gasteiger partial charge in [-0.15, -0.1) is 0 Å². The van der Waals surface area contributed by atoms with Crippen LogP contribution in [0.3, 0.4) is 0 Å². The van der Waals surface area contributed by atoms with E-state index < -0.39 is 47.8 Å². The Morgan fingerprint density at radius 1 is 0.932 bits per heavy atom. The molecule has 44 heavy (non-hydrogen) atoms. The number of likely N-dealkylation sites (N-methyl/N-ethyl adjacent to an activating group) is 1. The van der Waals surface area contributed by atoms with Crippen LogP contribution in [-0.2, 0) is 25.6 Å². The maximum atomic E-state index is 13.9. The predicted molar refractivity (Wildman–Crippen MR) is 163 cm³/mol. The molecule has 2 aromatic rings. The van der Waals surface area contributed by atoms with Gasteiger partial charge >= 0.3 is 0 Å². The van der Waals surface area contributed by atoms with Crippen molar-refractivity contribution in [2.24, 2.45) is 5.11 Å². The lowest BCUT2D eigenvalue weighted by atomic mass is 10.0. The molecule has 2 aliphatic heterocycles. The number of para-hydroxylation sites is 1. The fraction of sp³-hybridized carbons (Fsp3) is 0.452. The Hall–Kier alpha value is -4.90. The zero-order chi connectivity index (χ0) is 31.6. The molecule has 4 rings (SSSR count). The van der Waals surface area contributed by atoms with Crippen molar-refractivity contribution in [3.8, 4) is 0 Å². The monoisotopic (exact) mass is 602 g/mol. The van der Waals surface area contributed by atoms with Crippen LogP contribution in [0.5, 0.6) is 0 Å². The SMILES string of the molecule is C[C@H]1NC(=O)[C@@H](Cc2ccccc2)N(C)C(=O)[C@@H]2CCCN2C(=O)c2ccccc2NC(=O)[C@H](CCCCN=[N+]=[N-])NC1=O. The standard InChI is InChI=1S/C31H38N8O5/c1-20-27(40)36-24(15-8-9-17-33-37-32)28(41)35-23-14-7-6-13-22(23)30(43)39-18-10-16-25(39)31(44)38(2)26(29(42)34-20)19-21-11-4-3-5-12-21/h3-7,11-14,20,24-26H,8-10,15-19H2,1-2H3,(H,34,42)(H,35,41)(H,36,40)/t20-,24+,25+,26-/m1/s1. The third-order valence-corrected chi connectivity index (χ3v) is 8.05. The molecular weight excluding hydrogens is 564 g/mol. The van der Waals surface area contributed by atoms with Gasteiger partial charge in [0, 0.05) is 31.5 Å². The molecule has 0 aliphatic carbocycles. The van der Waals surface area contributed by atoms with Crippen LogP contribution in [0, 0.1) is 0 Å². The molecule has 1 saturated heterocycles. The first-order valence-electron chi connectivity index (χ1n) is 14.8. The van der Waals surface area contributed by atoms with E-state index in [1.807, 2.05) is 30.3 Å². The molecule has 0 saturated carbocycles. The summed E-state index contributed by atoms with van der Waals surface area (Å²) in [6.45, 7) is 2.11. The van der Waals surface area contributed by atoms with Gasteiger partial charge in [0.2, 0.25) is 23.6 Å². The second kappa shape index (κ2) is 15.0. The van der Waals surface area contributed by atoms with E-state index in [-0.39, 0.29) is 36.5 Å². The number of azide groups is 1. The van der Waals surface area contributed by atoms with Crippen molar-refractivity contribution in [1.82, 2.24) is 20.4 Å². The molecule has 4 atom stereocenters. The Labute approximate surface area is 256 Å². The molecule has 13 nitrogen and oxygen atoms in total. The normalized spacial score (nSPS) is 23.2. The van der Waals surface area contributed by atoms with Crippen molar-refractivity contribution >= 4 is 35.2 Å². The average molecular weight is 603 g/mol. The molecule has 0 aromatic heterocycles. The van der Waals surface area contributed by atoms with Gasteiger partial charge in [0.25, 0.3) is 5.91 Å². The molecule has 2 aromatic carbocycles. The molecule has 0 bridgehead atoms. The molecular formula is C31H38N8O5. The van der Waals surface area contributed by atoms with Crippen LogP contribution in [0.25, 0.3) is 10.4 Å². The van der Waals surface area contributed by atoms with Crippen LogP contribution >= 0.6 is 0 Å². The van der Waals surface area contributed by atoms with Gasteiger partial charge in [0.05, 0.1) is 11.3 Å². The van der Waals surface area contributed by atoms with E-state index in [4.69, 9.17) is 5.53 Å². The lowest BCUT2D eigenvalue weighted by molar-refractivity contribution is -0.142. The van der Waals surface area contributed by atoms with E-state index in [1.54, 1.807) is 31.3 Å². The first-order chi connectivity index (χ1) is 21.2. The van der Waals surface area contributed by atoms with Gasteiger partial charge in [-0.2, -0.15) is 0 Å². The summed E-state index contributed by atoms with van der Waals surface area (Å²) >= 11 is 0. The zero-order valence-corrected chi connectivity index (χ0v) is 24.9. The van der Waals surface area contributed by atoms with Crippen LogP contribution in [0.4, 0.5) is 5.69 Å². The quantitative estimate of drug-likeness (QED) is 0.191. The summed E-state index contributed by atoms with van der Waals surface area (Å²) in [6.07, 6.45) is 2.44. The van der Waals surface area contributed by atoms with Crippen molar-refractivity contribution in [2.45, 2.75) is 69.6 Å². The van der Waals surface area contributed by atoms with E-state index in [9.17, 15) is 24.0 Å². The van der Waals surface area contributed by atoms with Gasteiger partial charge in [-0.3, -0.25) is 24.0 Å². The number of amides is 5. The maximum absolute atomic E-state index is 13.9. The number of hydrogen-bond acceptors (Lipinski definition) is 6. The van der Waals surface area contributed by atoms with E-state index in [0.29, 0.717) is 32.2 Å². The number of benzene rings is 2. The minimum atomic E-state index is -1.02. The largest absolute Gasteiger partial charge is 0.343 e. The van der Waals surface area contributed by atoms with Gasteiger partial charge < -0.3 is 25.8 Å².